The molecule has 0 aliphatic rings. The summed E-state index contributed by atoms with van der Waals surface area (Å²) in [6.07, 6.45) is 4.14. The van der Waals surface area contributed by atoms with Crippen LogP contribution in [0.15, 0.2) is 41.4 Å². The molecule has 0 saturated carbocycles. The number of nitrogens with zero attached hydrogens (tertiary/aromatic N) is 3. The van der Waals surface area contributed by atoms with Gasteiger partial charge in [0, 0.05) is 12.7 Å². The summed E-state index contributed by atoms with van der Waals surface area (Å²) in [4.78, 5) is 9.09. The average molecular weight is 372 g/mol. The van der Waals surface area contributed by atoms with Crippen LogP contribution in [0.1, 0.15) is 30.7 Å². The molecule has 7 heteroatoms. The molecule has 0 spiro atoms. The predicted molar refractivity (Wildman–Crippen MR) is 104 cm³/mol. The van der Waals surface area contributed by atoms with E-state index in [-0.39, 0.29) is 5.75 Å². The van der Waals surface area contributed by atoms with Crippen LogP contribution in [0.5, 0.6) is 0 Å². The van der Waals surface area contributed by atoms with Crippen molar-refractivity contribution in [1.29, 1.82) is 0 Å². The van der Waals surface area contributed by atoms with Gasteiger partial charge in [-0.2, -0.15) is 0 Å². The molecule has 0 aliphatic carbocycles. The van der Waals surface area contributed by atoms with Gasteiger partial charge in [-0.15, -0.1) is 0 Å². The molecule has 138 valence electrons. The zero-order chi connectivity index (χ0) is 18.7. The monoisotopic (exact) mass is 372 g/mol. The molecule has 0 fully saturated rings. The molecule has 3 aromatic rings. The standard InChI is InChI=1S/C19H24N4O2S/c1-14-13-21-19(20)17-18(14)23(15(2)22-17)11-7-4-8-12-26(24,25)16-9-5-3-6-10-16/h3,5-6,9-10,13H,4,7-8,11-12H2,1-2H3,(H2,20,21). The fourth-order valence-electron chi connectivity index (χ4n) is 3.19. The molecule has 0 radical (unpaired) electrons. The second-order valence-electron chi connectivity index (χ2n) is 6.53. The minimum atomic E-state index is -3.19. The van der Waals surface area contributed by atoms with Gasteiger partial charge in [0.15, 0.2) is 15.7 Å². The lowest BCUT2D eigenvalue weighted by molar-refractivity contribution is 0.577. The smallest absolute Gasteiger partial charge is 0.178 e. The van der Waals surface area contributed by atoms with Crippen molar-refractivity contribution < 1.29 is 8.42 Å². The molecule has 3 rings (SSSR count). The minimum absolute atomic E-state index is 0.177. The van der Waals surface area contributed by atoms with Crippen molar-refractivity contribution in [3.63, 3.8) is 0 Å². The van der Waals surface area contributed by atoms with Crippen LogP contribution in [0.2, 0.25) is 0 Å². The van der Waals surface area contributed by atoms with Crippen molar-refractivity contribution in [2.24, 2.45) is 0 Å². The number of pyridine rings is 1. The molecule has 2 aromatic heterocycles. The number of hydrogen-bond acceptors (Lipinski definition) is 5. The SMILES string of the molecule is Cc1cnc(N)c2nc(C)n(CCCCCS(=O)(=O)c3ccccc3)c12. The van der Waals surface area contributed by atoms with E-state index in [1.54, 1.807) is 30.5 Å². The summed E-state index contributed by atoms with van der Waals surface area (Å²) in [5, 5.41) is 0. The number of nitrogen functional groups attached to an aromatic ring is 1. The molecule has 0 amide bonds. The zero-order valence-electron chi connectivity index (χ0n) is 15.1. The third-order valence-electron chi connectivity index (χ3n) is 4.57. The van der Waals surface area contributed by atoms with E-state index < -0.39 is 9.84 Å². The van der Waals surface area contributed by atoms with Crippen molar-refractivity contribution in [1.82, 2.24) is 14.5 Å². The Bertz CT molecular complexity index is 1010. The summed E-state index contributed by atoms with van der Waals surface area (Å²) in [5.74, 6) is 1.53. The lowest BCUT2D eigenvalue weighted by atomic mass is 10.2. The Kier molecular flexibility index (Phi) is 5.27. The molecule has 0 atom stereocenters. The number of benzene rings is 1. The molecule has 2 heterocycles. The quantitative estimate of drug-likeness (QED) is 0.643. The molecule has 2 N–H and O–H groups in total. The number of unbranched alkanes of at least 4 members (excludes halogenated alkanes) is 2. The Hall–Kier alpha value is -2.41. The van der Waals surface area contributed by atoms with Crippen LogP contribution in [0.3, 0.4) is 0 Å². The maximum atomic E-state index is 12.3. The fourth-order valence-corrected chi connectivity index (χ4v) is 4.58. The van der Waals surface area contributed by atoms with Crippen molar-refractivity contribution in [3.05, 3.63) is 47.9 Å². The second-order valence-corrected chi connectivity index (χ2v) is 8.64. The summed E-state index contributed by atoms with van der Waals surface area (Å²) in [7, 11) is -3.19. The molecule has 0 bridgehead atoms. The van der Waals surface area contributed by atoms with Crippen LogP contribution in [-0.4, -0.2) is 28.7 Å². The molecular formula is C19H24N4O2S. The summed E-state index contributed by atoms with van der Waals surface area (Å²) >= 11 is 0. The van der Waals surface area contributed by atoms with Crippen LogP contribution < -0.4 is 5.73 Å². The minimum Gasteiger partial charge on any atom is -0.382 e. The van der Waals surface area contributed by atoms with Gasteiger partial charge in [0.25, 0.3) is 0 Å². The highest BCUT2D eigenvalue weighted by atomic mass is 32.2. The average Bonchev–Trinajstić information content (AvgIpc) is 2.96. The molecule has 0 unspecified atom stereocenters. The van der Waals surface area contributed by atoms with Crippen LogP contribution in [0, 0.1) is 13.8 Å². The first-order valence-corrected chi connectivity index (χ1v) is 10.4. The van der Waals surface area contributed by atoms with Crippen LogP contribution in [0.4, 0.5) is 5.82 Å². The summed E-state index contributed by atoms with van der Waals surface area (Å²) in [6, 6.07) is 8.63. The molecule has 26 heavy (non-hydrogen) atoms. The van der Waals surface area contributed by atoms with Gasteiger partial charge in [0.05, 0.1) is 16.2 Å². The first kappa shape index (κ1) is 18.4. The van der Waals surface area contributed by atoms with E-state index in [9.17, 15) is 8.42 Å². The highest BCUT2D eigenvalue weighted by molar-refractivity contribution is 7.91. The largest absolute Gasteiger partial charge is 0.382 e. The summed E-state index contributed by atoms with van der Waals surface area (Å²) < 4.78 is 26.7. The van der Waals surface area contributed by atoms with Crippen molar-refractivity contribution >= 4 is 26.7 Å². The van der Waals surface area contributed by atoms with Gasteiger partial charge >= 0.3 is 0 Å². The molecule has 0 saturated heterocycles. The highest BCUT2D eigenvalue weighted by Crippen LogP contribution is 2.24. The number of fused-ring (bicyclic) bond motifs is 1. The molecule has 0 aliphatic heterocycles. The second kappa shape index (κ2) is 7.45. The maximum Gasteiger partial charge on any atom is 0.178 e. The zero-order valence-corrected chi connectivity index (χ0v) is 16.0. The van der Waals surface area contributed by atoms with Gasteiger partial charge in [-0.05, 0) is 44.4 Å². The Labute approximate surface area is 154 Å². The number of rotatable bonds is 7. The van der Waals surface area contributed by atoms with E-state index in [1.807, 2.05) is 19.9 Å². The lowest BCUT2D eigenvalue weighted by Gasteiger charge is -2.09. The van der Waals surface area contributed by atoms with Crippen molar-refractivity contribution in [2.45, 2.75) is 44.6 Å². The highest BCUT2D eigenvalue weighted by Gasteiger charge is 2.14. The molecule has 6 nitrogen and oxygen atoms in total. The number of anilines is 1. The van der Waals surface area contributed by atoms with Crippen LogP contribution >= 0.6 is 0 Å². The normalized spacial score (nSPS) is 11.9. The van der Waals surface area contributed by atoms with E-state index in [0.29, 0.717) is 17.1 Å². The van der Waals surface area contributed by atoms with E-state index in [0.717, 1.165) is 41.8 Å². The predicted octanol–water partition coefficient (Wildman–Crippen LogP) is 3.27. The van der Waals surface area contributed by atoms with E-state index in [2.05, 4.69) is 14.5 Å². The molecule has 1 aromatic carbocycles. The first-order valence-electron chi connectivity index (χ1n) is 8.76. The Morgan fingerprint density at radius 3 is 2.54 bits per heavy atom. The van der Waals surface area contributed by atoms with E-state index in [4.69, 9.17) is 5.73 Å². The summed E-state index contributed by atoms with van der Waals surface area (Å²) in [5.41, 5.74) is 8.74. The Morgan fingerprint density at radius 2 is 1.81 bits per heavy atom. The topological polar surface area (TPSA) is 90.9 Å². The van der Waals surface area contributed by atoms with Gasteiger partial charge in [-0.3, -0.25) is 0 Å². The number of imidazole rings is 1. The van der Waals surface area contributed by atoms with Gasteiger partial charge in [-0.1, -0.05) is 24.6 Å². The third kappa shape index (κ3) is 3.72. The Morgan fingerprint density at radius 1 is 1.08 bits per heavy atom. The first-order chi connectivity index (χ1) is 12.4. The third-order valence-corrected chi connectivity index (χ3v) is 6.39. The number of hydrogen-bond donors (Lipinski definition) is 1. The van der Waals surface area contributed by atoms with E-state index in [1.165, 1.54) is 0 Å². The Balaban J connectivity index is 1.60. The van der Waals surface area contributed by atoms with Gasteiger partial charge in [0.1, 0.15) is 11.3 Å². The number of aromatic nitrogens is 3. The van der Waals surface area contributed by atoms with Crippen LogP contribution in [0.25, 0.3) is 11.0 Å². The fraction of sp³-hybridized carbons (Fsp3) is 0.368. The lowest BCUT2D eigenvalue weighted by Crippen LogP contribution is -2.07. The molecular weight excluding hydrogens is 348 g/mol. The summed E-state index contributed by atoms with van der Waals surface area (Å²) in [6.45, 7) is 4.75. The van der Waals surface area contributed by atoms with Gasteiger partial charge < -0.3 is 10.3 Å². The van der Waals surface area contributed by atoms with Gasteiger partial charge in [-0.25, -0.2) is 18.4 Å². The number of sulfone groups is 1. The van der Waals surface area contributed by atoms with Gasteiger partial charge in [0.2, 0.25) is 0 Å². The number of nitrogens with two attached hydrogens (primary N) is 1. The van der Waals surface area contributed by atoms with Crippen molar-refractivity contribution in [2.75, 3.05) is 11.5 Å². The van der Waals surface area contributed by atoms with Crippen molar-refractivity contribution in [3.8, 4) is 0 Å². The van der Waals surface area contributed by atoms with Crippen LogP contribution in [-0.2, 0) is 16.4 Å². The number of aryl methyl sites for hydroxylation is 3. The maximum absolute atomic E-state index is 12.3. The van der Waals surface area contributed by atoms with E-state index >= 15 is 0 Å².